The molecule has 0 saturated heterocycles. The molecule has 0 amide bonds. The molecule has 0 aliphatic rings. The molecule has 2 nitrogen and oxygen atoms in total. The molecule has 0 N–H and O–H groups in total. The van der Waals surface area contributed by atoms with Crippen LogP contribution in [0.4, 0.5) is 17.1 Å². The fourth-order valence-corrected chi connectivity index (χ4v) is 6.74. The summed E-state index contributed by atoms with van der Waals surface area (Å²) in [5.74, 6) is 0. The van der Waals surface area contributed by atoms with Crippen LogP contribution in [-0.4, -0.2) is 0 Å². The number of nitrogens with zero attached hydrogens (tertiary/aromatic N) is 1. The number of benzene rings is 8. The summed E-state index contributed by atoms with van der Waals surface area (Å²) in [7, 11) is 0. The summed E-state index contributed by atoms with van der Waals surface area (Å²) in [5, 5.41) is 12.3. The van der Waals surface area contributed by atoms with E-state index in [1.807, 2.05) is 12.1 Å². The molecule has 8 aromatic carbocycles. The molecule has 1 aromatic heterocycles. The van der Waals surface area contributed by atoms with Crippen LogP contribution in [0, 0.1) is 0 Å². The summed E-state index contributed by atoms with van der Waals surface area (Å²) in [6.07, 6.45) is 0. The van der Waals surface area contributed by atoms with Crippen LogP contribution in [0.5, 0.6) is 0 Å². The van der Waals surface area contributed by atoms with Crippen molar-refractivity contribution in [3.63, 3.8) is 0 Å². The third-order valence-corrected chi connectivity index (χ3v) is 8.64. The van der Waals surface area contributed by atoms with Crippen LogP contribution in [0.2, 0.25) is 0 Å². The van der Waals surface area contributed by atoms with Crippen molar-refractivity contribution in [2.45, 2.75) is 0 Å². The molecule has 2 heteroatoms. The van der Waals surface area contributed by atoms with Gasteiger partial charge in [-0.15, -0.1) is 0 Å². The maximum absolute atomic E-state index is 6.53. The largest absolute Gasteiger partial charge is 0.454 e. The molecule has 42 heavy (non-hydrogen) atoms. The van der Waals surface area contributed by atoms with Gasteiger partial charge in [0.05, 0.1) is 11.4 Å². The predicted octanol–water partition coefficient (Wildman–Crippen LogP) is 11.7. The highest BCUT2D eigenvalue weighted by molar-refractivity contribution is 6.23. The van der Waals surface area contributed by atoms with E-state index in [-0.39, 0.29) is 0 Å². The van der Waals surface area contributed by atoms with Crippen LogP contribution in [0.3, 0.4) is 0 Å². The lowest BCUT2D eigenvalue weighted by atomic mass is 9.93. The Kier molecular flexibility index (Phi) is 4.93. The summed E-state index contributed by atoms with van der Waals surface area (Å²) in [6, 6.07) is 54.3. The minimum absolute atomic E-state index is 0.887. The van der Waals surface area contributed by atoms with Gasteiger partial charge in [0.1, 0.15) is 5.58 Å². The van der Waals surface area contributed by atoms with Crippen molar-refractivity contribution in [1.29, 1.82) is 0 Å². The molecule has 1 heterocycles. The van der Waals surface area contributed by atoms with Crippen molar-refractivity contribution in [2.75, 3.05) is 4.90 Å². The van der Waals surface area contributed by atoms with Crippen LogP contribution in [0.1, 0.15) is 0 Å². The molecule has 0 unspecified atom stereocenters. The van der Waals surface area contributed by atoms with E-state index in [4.69, 9.17) is 4.42 Å². The van der Waals surface area contributed by atoms with Crippen molar-refractivity contribution in [2.24, 2.45) is 0 Å². The van der Waals surface area contributed by atoms with Crippen molar-refractivity contribution < 1.29 is 4.42 Å². The van der Waals surface area contributed by atoms with Crippen molar-refractivity contribution in [3.05, 3.63) is 152 Å². The van der Waals surface area contributed by atoms with Gasteiger partial charge in [0.2, 0.25) is 0 Å². The number of furan rings is 1. The Morgan fingerprint density at radius 2 is 0.881 bits per heavy atom. The van der Waals surface area contributed by atoms with Gasteiger partial charge in [-0.2, -0.15) is 0 Å². The van der Waals surface area contributed by atoms with Gasteiger partial charge in [0, 0.05) is 21.8 Å². The Labute approximate surface area is 242 Å². The Morgan fingerprint density at radius 3 is 1.69 bits per heavy atom. The zero-order valence-corrected chi connectivity index (χ0v) is 22.8. The van der Waals surface area contributed by atoms with E-state index >= 15 is 0 Å². The smallest absolute Gasteiger partial charge is 0.159 e. The molecule has 0 aliphatic carbocycles. The third-order valence-electron chi connectivity index (χ3n) is 8.64. The second-order valence-electron chi connectivity index (χ2n) is 10.9. The van der Waals surface area contributed by atoms with Crippen LogP contribution < -0.4 is 4.90 Å². The van der Waals surface area contributed by atoms with E-state index in [0.717, 1.165) is 39.0 Å². The fraction of sp³-hybridized carbons (Fsp3) is 0. The second-order valence-corrected chi connectivity index (χ2v) is 10.9. The monoisotopic (exact) mass is 535 g/mol. The molecule has 0 bridgehead atoms. The molecule has 0 saturated carbocycles. The summed E-state index contributed by atoms with van der Waals surface area (Å²) < 4.78 is 6.53. The molecule has 9 rings (SSSR count). The Balaban J connectivity index is 1.34. The van der Waals surface area contributed by atoms with E-state index in [9.17, 15) is 0 Å². The third kappa shape index (κ3) is 3.33. The van der Waals surface area contributed by atoms with E-state index in [2.05, 4.69) is 144 Å². The minimum Gasteiger partial charge on any atom is -0.454 e. The number of rotatable bonds is 3. The molecule has 0 atom stereocenters. The van der Waals surface area contributed by atoms with Gasteiger partial charge in [0.15, 0.2) is 5.58 Å². The Bertz CT molecular complexity index is 2470. The summed E-state index contributed by atoms with van der Waals surface area (Å²) in [5.41, 5.74) is 5.01. The number of hydrogen-bond donors (Lipinski definition) is 0. The average Bonchev–Trinajstić information content (AvgIpc) is 3.44. The minimum atomic E-state index is 0.887. The SMILES string of the molecule is c1ccc(N(c2cccc3c2ccc2c3ccc3c4ccccc4ccc32)c2cccc3c2oc2ccccc23)cc1. The molecule has 9 aromatic rings. The molecular weight excluding hydrogens is 510 g/mol. The molecule has 196 valence electrons. The molecule has 0 fully saturated rings. The number of fused-ring (bicyclic) bond motifs is 10. The lowest BCUT2D eigenvalue weighted by Crippen LogP contribution is -2.10. The first kappa shape index (κ1) is 23.1. The number of hydrogen-bond acceptors (Lipinski definition) is 2. The molecule has 0 radical (unpaired) electrons. The van der Waals surface area contributed by atoms with E-state index in [1.165, 1.54) is 43.1 Å². The fourth-order valence-electron chi connectivity index (χ4n) is 6.74. The summed E-state index contributed by atoms with van der Waals surface area (Å²) >= 11 is 0. The van der Waals surface area contributed by atoms with Gasteiger partial charge in [-0.25, -0.2) is 0 Å². The lowest BCUT2D eigenvalue weighted by molar-refractivity contribution is 0.669. The number of para-hydroxylation sites is 3. The Hall–Kier alpha value is -5.60. The lowest BCUT2D eigenvalue weighted by Gasteiger charge is -2.27. The van der Waals surface area contributed by atoms with E-state index in [0.29, 0.717) is 0 Å². The van der Waals surface area contributed by atoms with Gasteiger partial charge >= 0.3 is 0 Å². The Morgan fingerprint density at radius 1 is 0.333 bits per heavy atom. The van der Waals surface area contributed by atoms with Crippen LogP contribution in [0.25, 0.3) is 65.0 Å². The molecule has 0 aliphatic heterocycles. The first-order valence-electron chi connectivity index (χ1n) is 14.4. The first-order valence-corrected chi connectivity index (χ1v) is 14.4. The van der Waals surface area contributed by atoms with E-state index in [1.54, 1.807) is 0 Å². The van der Waals surface area contributed by atoms with Crippen molar-refractivity contribution in [3.8, 4) is 0 Å². The highest BCUT2D eigenvalue weighted by Gasteiger charge is 2.21. The van der Waals surface area contributed by atoms with Crippen molar-refractivity contribution in [1.82, 2.24) is 0 Å². The molecular formula is C40H25NO. The first-order chi connectivity index (χ1) is 20.8. The van der Waals surface area contributed by atoms with Gasteiger partial charge in [-0.1, -0.05) is 121 Å². The van der Waals surface area contributed by atoms with Crippen LogP contribution in [0.15, 0.2) is 156 Å². The predicted molar refractivity (Wildman–Crippen MR) is 178 cm³/mol. The maximum Gasteiger partial charge on any atom is 0.159 e. The van der Waals surface area contributed by atoms with Gasteiger partial charge < -0.3 is 9.32 Å². The quantitative estimate of drug-likeness (QED) is 0.209. The van der Waals surface area contributed by atoms with Crippen molar-refractivity contribution >= 4 is 82.1 Å². The number of anilines is 3. The maximum atomic E-state index is 6.53. The zero-order chi connectivity index (χ0) is 27.6. The topological polar surface area (TPSA) is 16.4 Å². The standard InChI is InChI=1S/C40H25NO/c1-2-11-27(12-3-1)41(38-18-9-16-36-35-14-6-7-19-39(35)42-40(36)38)37-17-8-15-29-32-23-22-30-28-13-5-4-10-26(28)20-21-31(30)33(32)24-25-34(29)37/h1-25H. The highest BCUT2D eigenvalue weighted by Crippen LogP contribution is 2.45. The highest BCUT2D eigenvalue weighted by atomic mass is 16.3. The summed E-state index contributed by atoms with van der Waals surface area (Å²) in [4.78, 5) is 2.34. The zero-order valence-electron chi connectivity index (χ0n) is 22.8. The van der Waals surface area contributed by atoms with Gasteiger partial charge in [-0.05, 0) is 68.0 Å². The average molecular weight is 536 g/mol. The second kappa shape index (κ2) is 8.95. The van der Waals surface area contributed by atoms with Crippen LogP contribution >= 0.6 is 0 Å². The summed E-state index contributed by atoms with van der Waals surface area (Å²) in [6.45, 7) is 0. The van der Waals surface area contributed by atoms with Gasteiger partial charge in [-0.3, -0.25) is 0 Å². The van der Waals surface area contributed by atoms with Gasteiger partial charge in [0.25, 0.3) is 0 Å². The van der Waals surface area contributed by atoms with E-state index < -0.39 is 0 Å². The molecule has 0 spiro atoms. The van der Waals surface area contributed by atoms with Crippen LogP contribution in [-0.2, 0) is 0 Å². The normalized spacial score (nSPS) is 11.8.